The molecule has 1 rings (SSSR count). The van der Waals surface area contributed by atoms with Crippen molar-refractivity contribution >= 4 is 12.0 Å². The van der Waals surface area contributed by atoms with Crippen LogP contribution in [0, 0.1) is 5.92 Å². The van der Waals surface area contributed by atoms with Crippen LogP contribution in [-0.2, 0) is 14.3 Å². The van der Waals surface area contributed by atoms with Gasteiger partial charge >= 0.3 is 6.09 Å². The number of carbonyl (C=O) groups excluding carboxylic acids is 2. The fourth-order valence-corrected chi connectivity index (χ4v) is 1.89. The molecule has 1 heterocycles. The second-order valence-electron chi connectivity index (χ2n) is 6.09. The van der Waals surface area contributed by atoms with Gasteiger partial charge in [0, 0.05) is 32.2 Å². The Bertz CT molecular complexity index is 346. The average Bonchev–Trinajstić information content (AvgIpc) is 2.24. The maximum atomic E-state index is 11.7. The van der Waals surface area contributed by atoms with Gasteiger partial charge in [0.1, 0.15) is 11.7 Å². The van der Waals surface area contributed by atoms with Crippen LogP contribution in [0.4, 0.5) is 4.79 Å². The molecule has 1 fully saturated rings. The normalized spacial score (nSPS) is 17.4. The van der Waals surface area contributed by atoms with E-state index in [9.17, 15) is 9.59 Å². The largest absolute Gasteiger partial charge is 0.444 e. The summed E-state index contributed by atoms with van der Waals surface area (Å²) >= 11 is 0. The third-order valence-electron chi connectivity index (χ3n) is 2.96. The van der Waals surface area contributed by atoms with Crippen LogP contribution in [0.3, 0.4) is 0 Å². The molecular weight excluding hydrogens is 260 g/mol. The standard InChI is InChI=1S/C14H26N2O4/c1-6-19-10(2)12(17)15-7-11-8-16(9-11)13(18)20-14(3,4)5/h10-11H,6-9H2,1-5H3,(H,15,17)/t10-/m0/s1. The Morgan fingerprint density at radius 2 is 1.95 bits per heavy atom. The Labute approximate surface area is 120 Å². The van der Waals surface area contributed by atoms with E-state index in [1.54, 1.807) is 11.8 Å². The number of hydrogen-bond acceptors (Lipinski definition) is 4. The zero-order chi connectivity index (χ0) is 15.3. The van der Waals surface area contributed by atoms with Gasteiger partial charge in [0.2, 0.25) is 5.91 Å². The molecule has 0 bridgehead atoms. The Kier molecular flexibility index (Phi) is 5.80. The maximum absolute atomic E-state index is 11.7. The summed E-state index contributed by atoms with van der Waals surface area (Å²) in [5.41, 5.74) is -0.469. The van der Waals surface area contributed by atoms with Crippen molar-refractivity contribution in [1.82, 2.24) is 10.2 Å². The molecule has 1 aliphatic rings. The van der Waals surface area contributed by atoms with Crippen LogP contribution in [0.25, 0.3) is 0 Å². The molecule has 0 aliphatic carbocycles. The number of rotatable bonds is 5. The molecular formula is C14H26N2O4. The first-order valence-electron chi connectivity index (χ1n) is 7.10. The second-order valence-corrected chi connectivity index (χ2v) is 6.09. The smallest absolute Gasteiger partial charge is 0.410 e. The molecule has 0 aromatic rings. The average molecular weight is 286 g/mol. The zero-order valence-corrected chi connectivity index (χ0v) is 13.1. The van der Waals surface area contributed by atoms with Crippen molar-refractivity contribution < 1.29 is 19.1 Å². The molecule has 2 amide bonds. The minimum absolute atomic E-state index is 0.109. The lowest BCUT2D eigenvalue weighted by Gasteiger charge is -2.39. The van der Waals surface area contributed by atoms with Crippen molar-refractivity contribution in [2.75, 3.05) is 26.2 Å². The SMILES string of the molecule is CCO[C@@H](C)C(=O)NCC1CN(C(=O)OC(C)(C)C)C1. The summed E-state index contributed by atoms with van der Waals surface area (Å²) in [5, 5.41) is 2.83. The van der Waals surface area contributed by atoms with Gasteiger partial charge in [-0.1, -0.05) is 0 Å². The van der Waals surface area contributed by atoms with Crippen LogP contribution in [0.15, 0.2) is 0 Å². The molecule has 20 heavy (non-hydrogen) atoms. The molecule has 1 aliphatic heterocycles. The van der Waals surface area contributed by atoms with Crippen LogP contribution in [-0.4, -0.2) is 54.8 Å². The van der Waals surface area contributed by atoms with Crippen molar-refractivity contribution in [3.05, 3.63) is 0 Å². The second kappa shape index (κ2) is 6.92. The van der Waals surface area contributed by atoms with Gasteiger partial charge in [-0.05, 0) is 34.6 Å². The first-order chi connectivity index (χ1) is 9.23. The summed E-state index contributed by atoms with van der Waals surface area (Å²) < 4.78 is 10.5. The zero-order valence-electron chi connectivity index (χ0n) is 13.1. The van der Waals surface area contributed by atoms with E-state index in [2.05, 4.69) is 5.32 Å². The minimum Gasteiger partial charge on any atom is -0.444 e. The summed E-state index contributed by atoms with van der Waals surface area (Å²) in [4.78, 5) is 25.0. The van der Waals surface area contributed by atoms with Crippen molar-refractivity contribution in [2.45, 2.75) is 46.3 Å². The van der Waals surface area contributed by atoms with E-state index in [0.717, 1.165) is 0 Å². The highest BCUT2D eigenvalue weighted by atomic mass is 16.6. The number of nitrogens with one attached hydrogen (secondary N) is 1. The number of hydrogen-bond donors (Lipinski definition) is 1. The summed E-state index contributed by atoms with van der Waals surface area (Å²) in [6.07, 6.45) is -0.718. The van der Waals surface area contributed by atoms with E-state index < -0.39 is 11.7 Å². The topological polar surface area (TPSA) is 67.9 Å². The van der Waals surface area contributed by atoms with Gasteiger partial charge in [0.05, 0.1) is 0 Å². The van der Waals surface area contributed by atoms with Crippen LogP contribution in [0.1, 0.15) is 34.6 Å². The molecule has 0 saturated carbocycles. The summed E-state index contributed by atoms with van der Waals surface area (Å²) in [6, 6.07) is 0. The van der Waals surface area contributed by atoms with Crippen LogP contribution < -0.4 is 5.32 Å². The highest BCUT2D eigenvalue weighted by molar-refractivity contribution is 5.80. The van der Waals surface area contributed by atoms with Crippen LogP contribution in [0.2, 0.25) is 0 Å². The lowest BCUT2D eigenvalue weighted by molar-refractivity contribution is -0.131. The van der Waals surface area contributed by atoms with Gasteiger partial charge in [0.15, 0.2) is 0 Å². The van der Waals surface area contributed by atoms with Gasteiger partial charge in [-0.2, -0.15) is 0 Å². The fourth-order valence-electron chi connectivity index (χ4n) is 1.89. The predicted octanol–water partition coefficient (Wildman–Crippen LogP) is 1.39. The number of likely N-dealkylation sites (tertiary alicyclic amines) is 1. The molecule has 116 valence electrons. The summed E-state index contributed by atoms with van der Waals surface area (Å²) in [6.45, 7) is 11.4. The molecule has 6 heteroatoms. The molecule has 0 aromatic heterocycles. The van der Waals surface area contributed by atoms with Gasteiger partial charge in [-0.3, -0.25) is 4.79 Å². The van der Waals surface area contributed by atoms with Gasteiger partial charge in [0.25, 0.3) is 0 Å². The molecule has 1 atom stereocenters. The Balaban J connectivity index is 2.19. The molecule has 1 N–H and O–H groups in total. The third kappa shape index (κ3) is 5.36. The van der Waals surface area contributed by atoms with E-state index in [0.29, 0.717) is 32.2 Å². The summed E-state index contributed by atoms with van der Waals surface area (Å²) in [7, 11) is 0. The lowest BCUT2D eigenvalue weighted by atomic mass is 10.0. The predicted molar refractivity (Wildman–Crippen MR) is 75.4 cm³/mol. The lowest BCUT2D eigenvalue weighted by Crippen LogP contribution is -2.55. The van der Waals surface area contributed by atoms with Gasteiger partial charge in [-0.25, -0.2) is 4.79 Å². The monoisotopic (exact) mass is 286 g/mol. The quantitative estimate of drug-likeness (QED) is 0.829. The van der Waals surface area contributed by atoms with E-state index in [-0.39, 0.29) is 12.0 Å². The Morgan fingerprint density at radius 1 is 1.35 bits per heavy atom. The number of nitrogens with zero attached hydrogens (tertiary/aromatic N) is 1. The molecule has 0 spiro atoms. The van der Waals surface area contributed by atoms with E-state index >= 15 is 0 Å². The van der Waals surface area contributed by atoms with E-state index in [1.807, 2.05) is 27.7 Å². The molecule has 1 saturated heterocycles. The highest BCUT2D eigenvalue weighted by Crippen LogP contribution is 2.18. The van der Waals surface area contributed by atoms with Crippen LogP contribution >= 0.6 is 0 Å². The highest BCUT2D eigenvalue weighted by Gasteiger charge is 2.33. The number of ether oxygens (including phenoxy) is 2. The fraction of sp³-hybridized carbons (Fsp3) is 0.857. The molecule has 6 nitrogen and oxygen atoms in total. The van der Waals surface area contributed by atoms with Crippen molar-refractivity contribution in [3.63, 3.8) is 0 Å². The van der Waals surface area contributed by atoms with Crippen molar-refractivity contribution in [3.8, 4) is 0 Å². The van der Waals surface area contributed by atoms with Gasteiger partial charge < -0.3 is 19.7 Å². The minimum atomic E-state index is -0.469. The Morgan fingerprint density at radius 3 is 2.45 bits per heavy atom. The molecule has 0 radical (unpaired) electrons. The third-order valence-corrected chi connectivity index (χ3v) is 2.96. The Hall–Kier alpha value is -1.30. The van der Waals surface area contributed by atoms with Crippen molar-refractivity contribution in [1.29, 1.82) is 0 Å². The number of carbonyl (C=O) groups is 2. The maximum Gasteiger partial charge on any atom is 0.410 e. The molecule has 0 aromatic carbocycles. The van der Waals surface area contributed by atoms with E-state index in [1.165, 1.54) is 0 Å². The first kappa shape index (κ1) is 16.8. The molecule has 0 unspecified atom stereocenters. The number of amides is 2. The first-order valence-corrected chi connectivity index (χ1v) is 7.10. The summed E-state index contributed by atoms with van der Waals surface area (Å²) in [5.74, 6) is 0.183. The van der Waals surface area contributed by atoms with Gasteiger partial charge in [-0.15, -0.1) is 0 Å². The van der Waals surface area contributed by atoms with Crippen LogP contribution in [0.5, 0.6) is 0 Å². The van der Waals surface area contributed by atoms with Crippen molar-refractivity contribution in [2.24, 2.45) is 5.92 Å². The van der Waals surface area contributed by atoms with E-state index in [4.69, 9.17) is 9.47 Å².